The van der Waals surface area contributed by atoms with Gasteiger partial charge in [0, 0.05) is 25.4 Å². The van der Waals surface area contributed by atoms with Crippen molar-refractivity contribution in [2.24, 2.45) is 21.6 Å². The number of nitrogens with one attached hydrogen (secondary N) is 1. The number of alkyl halides is 3. The quantitative estimate of drug-likeness (QED) is 0.337. The molecule has 3 N–H and O–H groups in total. The molecule has 2 aromatic rings. The zero-order valence-electron chi connectivity index (χ0n) is 18.8. The van der Waals surface area contributed by atoms with Crippen molar-refractivity contribution < 1.29 is 24.1 Å². The summed E-state index contributed by atoms with van der Waals surface area (Å²) in [7, 11) is 1.49. The van der Waals surface area contributed by atoms with E-state index in [0.29, 0.717) is 16.9 Å². The number of aliphatic imine (C=N–C) groups is 2. The van der Waals surface area contributed by atoms with Gasteiger partial charge >= 0.3 is 12.1 Å². The molecule has 0 heterocycles. The summed E-state index contributed by atoms with van der Waals surface area (Å²) in [5.41, 5.74) is 6.91. The maximum absolute atomic E-state index is 12.7. The third-order valence-corrected chi connectivity index (χ3v) is 4.19. The molecule has 1 unspecified atom stereocenters. The van der Waals surface area contributed by atoms with Crippen LogP contribution in [0, 0.1) is 5.92 Å². The third kappa shape index (κ3) is 7.40. The van der Waals surface area contributed by atoms with Crippen molar-refractivity contribution in [1.82, 2.24) is 0 Å². The van der Waals surface area contributed by atoms with Crippen LogP contribution in [0.2, 0.25) is 0 Å². The molecule has 0 bridgehead atoms. The van der Waals surface area contributed by atoms with E-state index in [0.717, 1.165) is 12.1 Å². The second-order valence-electron chi connectivity index (χ2n) is 6.30. The fourth-order valence-corrected chi connectivity index (χ4v) is 2.61. The van der Waals surface area contributed by atoms with Crippen LogP contribution in [0.3, 0.4) is 0 Å². The van der Waals surface area contributed by atoms with Crippen molar-refractivity contribution in [3.8, 4) is 0 Å². The number of anilines is 2. The van der Waals surface area contributed by atoms with E-state index in [2.05, 4.69) is 15.3 Å². The monoisotopic (exact) mass is 452 g/mol. The largest absolute Gasteiger partial charge is 0.465 e. The van der Waals surface area contributed by atoms with Crippen molar-refractivity contribution >= 4 is 29.0 Å². The van der Waals surface area contributed by atoms with Crippen molar-refractivity contribution in [3.05, 3.63) is 59.7 Å². The average Bonchev–Trinajstić information content (AvgIpc) is 2.78. The van der Waals surface area contributed by atoms with Gasteiger partial charge in [-0.25, -0.2) is 4.99 Å². The standard InChI is InChI=1S/C21H23F3N4O2.C2H6.H2/c1-4-30-20(29)13(2)19(26-3)28-18(25)16-7-5-6-8-17(16)27-15-11-9-14(10-12-15)21(22,23)24;1-2;/h5-13,27H,4H2,1-3H3,(H2,25,26,28);1-2H3;1H. The van der Waals surface area contributed by atoms with Crippen LogP contribution in [-0.4, -0.2) is 31.3 Å². The van der Waals surface area contributed by atoms with Crippen molar-refractivity contribution in [2.75, 3.05) is 19.0 Å². The van der Waals surface area contributed by atoms with E-state index < -0.39 is 23.6 Å². The first-order chi connectivity index (χ1) is 15.2. The first-order valence-electron chi connectivity index (χ1n) is 10.2. The molecule has 0 aliphatic carbocycles. The van der Waals surface area contributed by atoms with E-state index >= 15 is 0 Å². The number of esters is 1. The van der Waals surface area contributed by atoms with Gasteiger partial charge in [-0.05, 0) is 50.2 Å². The number of para-hydroxylation sites is 1. The van der Waals surface area contributed by atoms with Crippen LogP contribution in [-0.2, 0) is 15.7 Å². The molecule has 176 valence electrons. The van der Waals surface area contributed by atoms with E-state index in [1.54, 1.807) is 38.1 Å². The third-order valence-electron chi connectivity index (χ3n) is 4.19. The Morgan fingerprint density at radius 2 is 1.75 bits per heavy atom. The van der Waals surface area contributed by atoms with Gasteiger partial charge in [0.1, 0.15) is 17.6 Å². The lowest BCUT2D eigenvalue weighted by atomic mass is 10.1. The molecule has 0 fully saturated rings. The Kier molecular flexibility index (Phi) is 10.4. The Bertz CT molecular complexity index is 945. The zero-order chi connectivity index (χ0) is 24.3. The van der Waals surface area contributed by atoms with Crippen LogP contribution in [0.1, 0.15) is 40.2 Å². The van der Waals surface area contributed by atoms with E-state index in [1.165, 1.54) is 19.2 Å². The van der Waals surface area contributed by atoms with Crippen LogP contribution in [0.5, 0.6) is 0 Å². The molecule has 32 heavy (non-hydrogen) atoms. The fraction of sp³-hybridized carbons (Fsp3) is 0.348. The number of ether oxygens (including phenoxy) is 1. The van der Waals surface area contributed by atoms with E-state index in [-0.39, 0.29) is 19.7 Å². The first-order valence-corrected chi connectivity index (χ1v) is 10.2. The summed E-state index contributed by atoms with van der Waals surface area (Å²) in [6.07, 6.45) is -4.40. The highest BCUT2D eigenvalue weighted by molar-refractivity contribution is 6.12. The molecule has 2 aromatic carbocycles. The second kappa shape index (κ2) is 12.5. The van der Waals surface area contributed by atoms with Crippen LogP contribution >= 0.6 is 0 Å². The summed E-state index contributed by atoms with van der Waals surface area (Å²) in [6, 6.07) is 11.5. The smallest absolute Gasteiger partial charge is 0.416 e. The van der Waals surface area contributed by atoms with Crippen LogP contribution < -0.4 is 11.1 Å². The number of carbonyl (C=O) groups is 1. The van der Waals surface area contributed by atoms with E-state index in [9.17, 15) is 18.0 Å². The highest BCUT2D eigenvalue weighted by atomic mass is 19.4. The molecule has 0 aliphatic rings. The maximum atomic E-state index is 12.7. The Balaban J connectivity index is 0.00000332. The summed E-state index contributed by atoms with van der Waals surface area (Å²) in [5.74, 6) is -0.869. The average molecular weight is 453 g/mol. The predicted octanol–water partition coefficient (Wildman–Crippen LogP) is 5.65. The topological polar surface area (TPSA) is 89.1 Å². The summed E-state index contributed by atoms with van der Waals surface area (Å²) in [4.78, 5) is 20.3. The minimum absolute atomic E-state index is 0. The lowest BCUT2D eigenvalue weighted by Crippen LogP contribution is -2.25. The molecule has 0 saturated heterocycles. The minimum Gasteiger partial charge on any atom is -0.465 e. The SMILES string of the molecule is CC.CCOC(=O)C(C)C(N=C(N)c1ccccc1Nc1ccc(C(F)(F)F)cc1)=NC.[HH]. The molecule has 0 aliphatic heterocycles. The molecule has 0 spiro atoms. The van der Waals surface area contributed by atoms with Crippen molar-refractivity contribution in [1.29, 1.82) is 0 Å². The van der Waals surface area contributed by atoms with Gasteiger partial charge in [-0.15, -0.1) is 0 Å². The number of amidine groups is 2. The van der Waals surface area contributed by atoms with Gasteiger partial charge in [-0.3, -0.25) is 9.79 Å². The molecule has 9 heteroatoms. The molecular formula is C23H31F3N4O2. The van der Waals surface area contributed by atoms with Crippen molar-refractivity contribution in [2.45, 2.75) is 33.9 Å². The number of hydrogen-bond acceptors (Lipinski definition) is 4. The first kappa shape index (κ1) is 26.7. The minimum atomic E-state index is -4.40. The molecule has 2 rings (SSSR count). The molecule has 6 nitrogen and oxygen atoms in total. The van der Waals surface area contributed by atoms with Crippen LogP contribution in [0.4, 0.5) is 24.5 Å². The lowest BCUT2D eigenvalue weighted by Gasteiger charge is -2.14. The maximum Gasteiger partial charge on any atom is 0.416 e. The Morgan fingerprint density at radius 3 is 2.28 bits per heavy atom. The van der Waals surface area contributed by atoms with Crippen molar-refractivity contribution in [3.63, 3.8) is 0 Å². The van der Waals surface area contributed by atoms with Gasteiger partial charge in [0.2, 0.25) is 0 Å². The highest BCUT2D eigenvalue weighted by Crippen LogP contribution is 2.30. The van der Waals surface area contributed by atoms with Gasteiger partial charge in [0.05, 0.1) is 12.2 Å². The van der Waals surface area contributed by atoms with E-state index in [1.807, 2.05) is 13.8 Å². The fourth-order valence-electron chi connectivity index (χ4n) is 2.61. The number of nitrogens with zero attached hydrogens (tertiary/aromatic N) is 2. The zero-order valence-corrected chi connectivity index (χ0v) is 18.8. The van der Waals surface area contributed by atoms with Gasteiger partial charge in [-0.1, -0.05) is 26.0 Å². The number of carbonyl (C=O) groups excluding carboxylic acids is 1. The highest BCUT2D eigenvalue weighted by Gasteiger charge is 2.30. The number of rotatable bonds is 6. The van der Waals surface area contributed by atoms with Gasteiger partial charge in [-0.2, -0.15) is 13.2 Å². The van der Waals surface area contributed by atoms with Gasteiger partial charge < -0.3 is 15.8 Å². The van der Waals surface area contributed by atoms with Crippen LogP contribution in [0.15, 0.2) is 58.5 Å². The van der Waals surface area contributed by atoms with E-state index in [4.69, 9.17) is 10.5 Å². The molecule has 0 aromatic heterocycles. The summed E-state index contributed by atoms with van der Waals surface area (Å²) in [5, 5.41) is 3.04. The Hall–Kier alpha value is -3.36. The summed E-state index contributed by atoms with van der Waals surface area (Å²) in [6.45, 7) is 7.55. The molecule has 0 amide bonds. The molecule has 0 radical (unpaired) electrons. The number of nitrogens with two attached hydrogens (primary N) is 1. The van der Waals surface area contributed by atoms with Gasteiger partial charge in [0.25, 0.3) is 0 Å². The normalized spacial score (nSPS) is 13.0. The number of halogens is 3. The summed E-state index contributed by atoms with van der Waals surface area (Å²) >= 11 is 0. The Morgan fingerprint density at radius 1 is 1.16 bits per heavy atom. The lowest BCUT2D eigenvalue weighted by molar-refractivity contribution is -0.145. The second-order valence-corrected chi connectivity index (χ2v) is 6.30. The Labute approximate surface area is 187 Å². The number of hydrogen-bond donors (Lipinski definition) is 2. The molecular weight excluding hydrogens is 421 g/mol. The van der Waals surface area contributed by atoms with Crippen LogP contribution in [0.25, 0.3) is 0 Å². The summed E-state index contributed by atoms with van der Waals surface area (Å²) < 4.78 is 43.2. The number of benzene rings is 2. The predicted molar refractivity (Wildman–Crippen MR) is 125 cm³/mol. The van der Waals surface area contributed by atoms with Gasteiger partial charge in [0.15, 0.2) is 0 Å². The molecule has 0 saturated carbocycles. The molecule has 1 atom stereocenters.